The summed E-state index contributed by atoms with van der Waals surface area (Å²) in [7, 11) is 1.98. The molecule has 2 aliphatic rings. The first-order valence-corrected chi connectivity index (χ1v) is 15.0. The zero-order valence-electron chi connectivity index (χ0n) is 26.4. The minimum Gasteiger partial charge on any atom is -0.452 e. The summed E-state index contributed by atoms with van der Waals surface area (Å²) in [5.74, 6) is -2.45. The minimum absolute atomic E-state index is 0.00842. The normalized spacial score (nSPS) is 15.8. The lowest BCUT2D eigenvalue weighted by Crippen LogP contribution is -2.50. The van der Waals surface area contributed by atoms with Crippen molar-refractivity contribution in [3.05, 3.63) is 122 Å². The predicted molar refractivity (Wildman–Crippen MR) is 175 cm³/mol. The molecule has 3 aromatic rings. The number of urea groups is 1. The number of allylic oxidation sites excluding steroid dienone is 2. The number of piperazine rings is 1. The van der Waals surface area contributed by atoms with Crippen molar-refractivity contribution >= 4 is 23.8 Å². The van der Waals surface area contributed by atoms with Crippen molar-refractivity contribution in [3.8, 4) is 11.4 Å². The molecule has 0 aliphatic carbocycles. The number of likely N-dealkylation sites (N-methyl/N-ethyl adjacent to an activating group) is 1. The van der Waals surface area contributed by atoms with E-state index in [0.717, 1.165) is 48.3 Å². The molecular weight excluding hydrogens is 626 g/mol. The first-order chi connectivity index (χ1) is 22.9. The number of nitrogens with one attached hydrogen (secondary N) is 4. The van der Waals surface area contributed by atoms with Gasteiger partial charge in [-0.3, -0.25) is 14.2 Å². The van der Waals surface area contributed by atoms with Crippen molar-refractivity contribution < 1.29 is 23.1 Å². The molecule has 1 aromatic heterocycles. The number of nitrogens with zero attached hydrogens (tertiary/aromatic N) is 4. The Balaban J connectivity index is 1.36. The van der Waals surface area contributed by atoms with Crippen molar-refractivity contribution in [2.45, 2.75) is 19.9 Å². The molecule has 0 saturated carbocycles. The van der Waals surface area contributed by atoms with Crippen molar-refractivity contribution in [3.63, 3.8) is 0 Å². The lowest BCUT2D eigenvalue weighted by molar-refractivity contribution is 0.102. The van der Waals surface area contributed by atoms with Gasteiger partial charge in [-0.25, -0.2) is 22.9 Å². The highest BCUT2D eigenvalue weighted by Gasteiger charge is 2.23. The highest BCUT2D eigenvalue weighted by molar-refractivity contribution is 6.03. The number of carbonyl (C=O) groups is 2. The second kappa shape index (κ2) is 14.3. The molecule has 0 spiro atoms. The lowest BCUT2D eigenvalue weighted by Gasteiger charge is -2.32. The third kappa shape index (κ3) is 7.41. The molecular formula is C33H34F2N8O5. The van der Waals surface area contributed by atoms with Gasteiger partial charge in [0, 0.05) is 68.7 Å². The number of amides is 3. The molecule has 13 nitrogen and oxygen atoms in total. The van der Waals surface area contributed by atoms with Crippen LogP contribution in [0.15, 0.2) is 93.8 Å². The maximum atomic E-state index is 15.3. The van der Waals surface area contributed by atoms with E-state index in [1.54, 1.807) is 18.7 Å². The van der Waals surface area contributed by atoms with E-state index >= 15 is 4.39 Å². The molecule has 48 heavy (non-hydrogen) atoms. The van der Waals surface area contributed by atoms with E-state index in [9.17, 15) is 23.6 Å². The van der Waals surface area contributed by atoms with Gasteiger partial charge in [-0.15, -0.1) is 0 Å². The lowest BCUT2D eigenvalue weighted by atomic mass is 10.2. The highest BCUT2D eigenvalue weighted by atomic mass is 19.1. The van der Waals surface area contributed by atoms with Gasteiger partial charge >= 0.3 is 11.7 Å². The van der Waals surface area contributed by atoms with E-state index in [4.69, 9.17) is 10.1 Å². The Morgan fingerprint density at radius 1 is 1.02 bits per heavy atom. The minimum atomic E-state index is -0.938. The molecule has 1 fully saturated rings. The van der Waals surface area contributed by atoms with Gasteiger partial charge in [-0.1, -0.05) is 0 Å². The summed E-state index contributed by atoms with van der Waals surface area (Å²) >= 11 is 0. The smallest absolute Gasteiger partial charge is 0.335 e. The fraction of sp³-hybridized carbons (Fsp3) is 0.242. The number of carbonyl (C=O) groups excluding carboxylic acids is 2. The summed E-state index contributed by atoms with van der Waals surface area (Å²) < 4.78 is 36.7. The summed E-state index contributed by atoms with van der Waals surface area (Å²) in [6, 6.07) is 7.55. The van der Waals surface area contributed by atoms with Crippen molar-refractivity contribution in [1.29, 1.82) is 5.41 Å². The van der Waals surface area contributed by atoms with Gasteiger partial charge in [0.25, 0.3) is 11.5 Å². The van der Waals surface area contributed by atoms with Crippen LogP contribution in [0.2, 0.25) is 0 Å². The van der Waals surface area contributed by atoms with E-state index in [1.165, 1.54) is 47.2 Å². The fourth-order valence-electron chi connectivity index (χ4n) is 4.96. The quantitative estimate of drug-likeness (QED) is 0.271. The van der Waals surface area contributed by atoms with Crippen molar-refractivity contribution in [2.24, 2.45) is 0 Å². The van der Waals surface area contributed by atoms with Gasteiger partial charge in [0.2, 0.25) is 0 Å². The van der Waals surface area contributed by atoms with Crippen LogP contribution >= 0.6 is 0 Å². The van der Waals surface area contributed by atoms with E-state index < -0.39 is 40.4 Å². The van der Waals surface area contributed by atoms with Crippen LogP contribution in [-0.4, -0.2) is 70.3 Å². The second-order valence-corrected chi connectivity index (χ2v) is 11.4. The van der Waals surface area contributed by atoms with Crippen LogP contribution in [-0.2, 0) is 0 Å². The van der Waals surface area contributed by atoms with E-state index in [0.29, 0.717) is 24.5 Å². The average Bonchev–Trinajstić information content (AvgIpc) is 3.04. The number of benzene rings is 2. The molecule has 0 unspecified atom stereocenters. The standard InChI is InChI=1S/C33H34F2N8O5/c1-20(2)42-19-25(31(45)43(33(42)47)24-7-4-21(34)5-8-24)30(44)38-22-6-9-28(26(35)16-22)48-29-17-23(18-37-27(29)10-11-36)39-32(46)41-14-12-40(3)13-15-41/h4-11,16-20,36-37H,12-15H2,1-3H3,(H,38,44)(H,39,46)/b27-10-,36-11?. The number of hydrogen-bond donors (Lipinski definition) is 4. The zero-order valence-corrected chi connectivity index (χ0v) is 26.4. The first kappa shape index (κ1) is 33.5. The number of aromatic nitrogens is 2. The van der Waals surface area contributed by atoms with Crippen molar-refractivity contribution in [1.82, 2.24) is 29.6 Å². The molecule has 0 bridgehead atoms. The maximum Gasteiger partial charge on any atom is 0.335 e. The molecule has 1 saturated heterocycles. The molecule has 3 amide bonds. The van der Waals surface area contributed by atoms with E-state index in [2.05, 4.69) is 20.9 Å². The van der Waals surface area contributed by atoms with E-state index in [1.807, 2.05) is 7.05 Å². The Morgan fingerprint density at radius 2 is 1.73 bits per heavy atom. The van der Waals surface area contributed by atoms with Crippen LogP contribution in [0.3, 0.4) is 0 Å². The van der Waals surface area contributed by atoms with Crippen LogP contribution in [0, 0.1) is 17.0 Å². The molecule has 15 heteroatoms. The Labute approximate surface area is 273 Å². The topological polar surface area (TPSA) is 154 Å². The number of ether oxygens (including phenoxy) is 1. The summed E-state index contributed by atoms with van der Waals surface area (Å²) in [6.07, 6.45) is 6.56. The second-order valence-electron chi connectivity index (χ2n) is 11.4. The highest BCUT2D eigenvalue weighted by Crippen LogP contribution is 2.26. The van der Waals surface area contributed by atoms with Crippen molar-refractivity contribution in [2.75, 3.05) is 38.5 Å². The summed E-state index contributed by atoms with van der Waals surface area (Å²) in [4.78, 5) is 56.3. The Morgan fingerprint density at radius 3 is 2.38 bits per heavy atom. The average molecular weight is 661 g/mol. The molecule has 0 radical (unpaired) electrons. The van der Waals surface area contributed by atoms with Crippen LogP contribution in [0.5, 0.6) is 5.75 Å². The number of halogens is 2. The molecule has 250 valence electrons. The largest absolute Gasteiger partial charge is 0.452 e. The van der Waals surface area contributed by atoms with Gasteiger partial charge in [-0.2, -0.15) is 0 Å². The Hall–Kier alpha value is -5.83. The van der Waals surface area contributed by atoms with Gasteiger partial charge < -0.3 is 35.9 Å². The number of rotatable bonds is 8. The van der Waals surface area contributed by atoms with Crippen LogP contribution in [0.25, 0.3) is 5.69 Å². The SMILES string of the molecule is CC(C)n1cc(C(=O)Nc2ccc(OC3=CC(NC(=O)N4CCN(C)CC4)=CN/C3=C\C=N)c(F)c2)c(=O)n(-c2ccc(F)cc2)c1=O. The number of anilines is 1. The van der Waals surface area contributed by atoms with Gasteiger partial charge in [0.05, 0.1) is 17.1 Å². The Kier molecular flexibility index (Phi) is 9.99. The predicted octanol–water partition coefficient (Wildman–Crippen LogP) is 3.31. The molecule has 2 aliphatic heterocycles. The van der Waals surface area contributed by atoms with Crippen LogP contribution in [0.4, 0.5) is 19.3 Å². The summed E-state index contributed by atoms with van der Waals surface area (Å²) in [6.45, 7) is 6.00. The maximum absolute atomic E-state index is 15.3. The number of dihydropyridines is 1. The first-order valence-electron chi connectivity index (χ1n) is 15.0. The van der Waals surface area contributed by atoms with Gasteiger partial charge in [0.1, 0.15) is 11.4 Å². The zero-order chi connectivity index (χ0) is 34.5. The number of hydrogen-bond acceptors (Lipinski definition) is 8. The molecule has 2 aromatic carbocycles. The summed E-state index contributed by atoms with van der Waals surface area (Å²) in [5, 5.41) is 15.7. The monoisotopic (exact) mass is 660 g/mol. The third-order valence-electron chi connectivity index (χ3n) is 7.64. The fourth-order valence-corrected chi connectivity index (χ4v) is 4.96. The van der Waals surface area contributed by atoms with Crippen LogP contribution in [0.1, 0.15) is 30.2 Å². The molecule has 3 heterocycles. The third-order valence-corrected chi connectivity index (χ3v) is 7.64. The van der Waals surface area contributed by atoms with Gasteiger partial charge in [-0.05, 0) is 63.4 Å². The van der Waals surface area contributed by atoms with Crippen LogP contribution < -0.4 is 31.9 Å². The summed E-state index contributed by atoms with van der Waals surface area (Å²) in [5.41, 5.74) is -1.30. The van der Waals surface area contributed by atoms with E-state index in [-0.39, 0.29) is 28.9 Å². The molecule has 4 N–H and O–H groups in total. The molecule has 0 atom stereocenters. The van der Waals surface area contributed by atoms with Gasteiger partial charge in [0.15, 0.2) is 17.3 Å². The Bertz CT molecular complexity index is 1960. The molecule has 5 rings (SSSR count).